The van der Waals surface area contributed by atoms with Crippen molar-refractivity contribution >= 4 is 88.8 Å². The number of aliphatic imine (C=N–C) groups is 1. The molecule has 35 N–H and O–H groups in total. The average Bonchev–Trinajstić information content (AvgIpc) is 3.40. The third-order valence-electron chi connectivity index (χ3n) is 11.1. The SMILES string of the molecule is N=C(N)NCCC/C(=N\C(=O)[C@H](CCCNC(=N)N)NC(=O)[C@H](CCCNC(=N)N)NC(=O)[C@H](CCCNC(=N)N)NC(=O)[C@H](CCCNC(=N)N)NC(=O)[C@H](CO)NC(=O)CCNCCN)C(=O)N[C@@H](CCCNC(=N)N)C(=O)O. The number of carbonyl (C=O) groups excluding carboxylic acids is 7. The molecule has 0 saturated heterocycles. The van der Waals surface area contributed by atoms with E-state index in [4.69, 9.17) is 72.6 Å². The minimum absolute atomic E-state index is 0.00952. The summed E-state index contributed by atoms with van der Waals surface area (Å²) < 4.78 is 0. The van der Waals surface area contributed by atoms with Gasteiger partial charge >= 0.3 is 5.97 Å². The number of aliphatic hydroxyl groups is 1. The summed E-state index contributed by atoms with van der Waals surface area (Å²) in [6.07, 6.45) is -0.750. The molecule has 0 radical (unpaired) electrons. The van der Waals surface area contributed by atoms with Gasteiger partial charge in [-0.25, -0.2) is 9.79 Å². The lowest BCUT2D eigenvalue weighted by atomic mass is 10.0. The summed E-state index contributed by atoms with van der Waals surface area (Å²) in [5.41, 5.74) is 37.5. The second kappa shape index (κ2) is 42.1. The van der Waals surface area contributed by atoms with Crippen LogP contribution in [0.15, 0.2) is 4.99 Å². The van der Waals surface area contributed by atoms with Crippen molar-refractivity contribution in [3.63, 3.8) is 0 Å². The normalized spacial score (nSPS) is 13.1. The van der Waals surface area contributed by atoms with Crippen LogP contribution in [-0.4, -0.2) is 201 Å². The van der Waals surface area contributed by atoms with E-state index in [-0.39, 0.29) is 141 Å². The van der Waals surface area contributed by atoms with Crippen LogP contribution in [0.2, 0.25) is 0 Å². The highest BCUT2D eigenvalue weighted by molar-refractivity contribution is 6.40. The highest BCUT2D eigenvalue weighted by atomic mass is 16.4. The van der Waals surface area contributed by atoms with Gasteiger partial charge < -0.3 is 119 Å². The summed E-state index contributed by atoms with van der Waals surface area (Å²) in [4.78, 5) is 113. The molecule has 0 aliphatic rings. The summed E-state index contributed by atoms with van der Waals surface area (Å²) in [5.74, 6) is -10.4. The molecule has 0 aliphatic carbocycles. The lowest BCUT2D eigenvalue weighted by Gasteiger charge is -2.27. The van der Waals surface area contributed by atoms with Gasteiger partial charge in [0.25, 0.3) is 11.8 Å². The molecule has 37 heteroatoms. The van der Waals surface area contributed by atoms with Crippen LogP contribution >= 0.6 is 0 Å². The first-order valence-electron chi connectivity index (χ1n) is 26.0. The Kier molecular flexibility index (Phi) is 37.5. The van der Waals surface area contributed by atoms with E-state index in [0.29, 0.717) is 13.1 Å². The number of nitrogens with one attached hydrogen (secondary N) is 19. The Bertz CT molecular complexity index is 2150. The molecule has 0 unspecified atom stereocenters. The largest absolute Gasteiger partial charge is 0.480 e. The summed E-state index contributed by atoms with van der Waals surface area (Å²) >= 11 is 0. The maximum atomic E-state index is 14.4. The van der Waals surface area contributed by atoms with Crippen molar-refractivity contribution in [2.45, 2.75) is 120 Å². The molecular formula is C44H87N27O10. The Balaban J connectivity index is 7.27. The van der Waals surface area contributed by atoms with Crippen LogP contribution in [0.1, 0.15) is 83.5 Å². The van der Waals surface area contributed by atoms with Gasteiger partial charge in [-0.1, -0.05) is 0 Å². The molecular weight excluding hydrogens is 1070 g/mol. The molecule has 0 heterocycles. The van der Waals surface area contributed by atoms with E-state index in [1.807, 2.05) is 0 Å². The summed E-state index contributed by atoms with van der Waals surface area (Å²) in [6.45, 7) is 0.299. The number of carboxylic acid groups (broad SMARTS) is 1. The fourth-order valence-corrected chi connectivity index (χ4v) is 7.10. The van der Waals surface area contributed by atoms with Gasteiger partial charge in [0.05, 0.1) is 6.61 Å². The first-order valence-corrected chi connectivity index (χ1v) is 26.0. The Hall–Kier alpha value is -8.87. The molecule has 37 nitrogen and oxygen atoms in total. The van der Waals surface area contributed by atoms with Crippen molar-refractivity contribution in [3.05, 3.63) is 0 Å². The van der Waals surface area contributed by atoms with Gasteiger partial charge in [-0.3, -0.25) is 66.0 Å². The number of carbonyl (C=O) groups is 8. The number of aliphatic hydroxyl groups excluding tert-OH is 1. The number of carboxylic acids is 1. The molecule has 81 heavy (non-hydrogen) atoms. The predicted octanol–water partition coefficient (Wildman–Crippen LogP) is -9.54. The fourth-order valence-electron chi connectivity index (χ4n) is 7.10. The molecule has 0 bridgehead atoms. The Labute approximate surface area is 468 Å². The van der Waals surface area contributed by atoms with Crippen molar-refractivity contribution in [2.75, 3.05) is 65.5 Å². The Morgan fingerprint density at radius 2 is 0.741 bits per heavy atom. The van der Waals surface area contributed by atoms with Gasteiger partial charge in [0.2, 0.25) is 29.5 Å². The standard InChI is InChI=1S/C44H87N27O10/c45-14-22-58-21-13-31(73)65-30(23-72)37(79)70-27(10-4-18-62-42(52)53)35(77)68-25(8-2-16-60-40(48)49)33(75)66-24(7-1-15-59-39(46)47)32(74)67-26(9-3-17-61-41(50)51)34(76)69-28(11-5-19-63-43(54)55)36(78)71-29(38(80)81)12-6-20-64-44(56)57/h24-27,29-30,58,72H,1-23,45H2,(H,65,73)(H,66,75)(H,67,74)(H,68,77)(H,70,79)(H,71,78)(H,80,81)(H4,46,47,59)(H4,48,49,60)(H4,50,51,61)(H4,52,53,62)(H4,54,55,63)(H4,56,57,64)/b69-28+/t24-,25-,26-,27-,29-,30-/m0/s1. The van der Waals surface area contributed by atoms with Crippen molar-refractivity contribution in [2.24, 2.45) is 45.1 Å². The molecule has 0 fully saturated rings. The number of aliphatic carboxylic acids is 1. The first-order chi connectivity index (χ1) is 38.3. The number of rotatable bonds is 43. The quantitative estimate of drug-likeness (QED) is 0.0153. The van der Waals surface area contributed by atoms with E-state index in [1.165, 1.54) is 0 Å². The minimum Gasteiger partial charge on any atom is -0.480 e. The highest BCUT2D eigenvalue weighted by Crippen LogP contribution is 2.09. The van der Waals surface area contributed by atoms with Crippen molar-refractivity contribution in [1.29, 1.82) is 32.5 Å². The van der Waals surface area contributed by atoms with Crippen molar-refractivity contribution in [1.82, 2.24) is 69.1 Å². The number of guanidine groups is 6. The third-order valence-corrected chi connectivity index (χ3v) is 11.1. The lowest BCUT2D eigenvalue weighted by molar-refractivity contribution is -0.141. The van der Waals surface area contributed by atoms with Crippen LogP contribution in [0.4, 0.5) is 0 Å². The molecule has 0 aliphatic heterocycles. The average molecular weight is 1150 g/mol. The van der Waals surface area contributed by atoms with Gasteiger partial charge in [-0.2, -0.15) is 0 Å². The third kappa shape index (κ3) is 36.0. The smallest absolute Gasteiger partial charge is 0.326 e. The van der Waals surface area contributed by atoms with Crippen LogP contribution in [0.3, 0.4) is 0 Å². The molecule has 0 saturated carbocycles. The summed E-state index contributed by atoms with van der Waals surface area (Å²) in [7, 11) is 0. The first kappa shape index (κ1) is 72.1. The van der Waals surface area contributed by atoms with Crippen LogP contribution < -0.4 is 109 Å². The summed E-state index contributed by atoms with van der Waals surface area (Å²) in [5, 5.41) is 98.2. The predicted molar refractivity (Wildman–Crippen MR) is 300 cm³/mol. The maximum Gasteiger partial charge on any atom is 0.326 e. The molecule has 458 valence electrons. The maximum absolute atomic E-state index is 14.4. The number of amides is 7. The van der Waals surface area contributed by atoms with Crippen molar-refractivity contribution in [3.8, 4) is 0 Å². The van der Waals surface area contributed by atoms with E-state index in [2.05, 4.69) is 74.1 Å². The second-order valence-electron chi connectivity index (χ2n) is 18.0. The van der Waals surface area contributed by atoms with E-state index >= 15 is 0 Å². The number of nitrogens with two attached hydrogens (primary N) is 7. The van der Waals surface area contributed by atoms with Crippen LogP contribution in [0.25, 0.3) is 0 Å². The molecule has 7 amide bonds. The van der Waals surface area contributed by atoms with E-state index in [9.17, 15) is 48.6 Å². The van der Waals surface area contributed by atoms with E-state index < -0.39 is 120 Å². The molecule has 0 aromatic carbocycles. The zero-order valence-corrected chi connectivity index (χ0v) is 45.4. The molecule has 6 atom stereocenters. The topological polar surface area (TPSA) is 671 Å². The van der Waals surface area contributed by atoms with E-state index in [0.717, 1.165) is 0 Å². The highest BCUT2D eigenvalue weighted by Gasteiger charge is 2.33. The number of nitrogens with zero attached hydrogens (tertiary/aromatic N) is 1. The monoisotopic (exact) mass is 1150 g/mol. The van der Waals surface area contributed by atoms with Crippen LogP contribution in [-0.2, 0) is 38.4 Å². The van der Waals surface area contributed by atoms with Gasteiger partial charge in [-0.05, 0) is 77.0 Å². The number of hydrogen-bond donors (Lipinski definition) is 28. The van der Waals surface area contributed by atoms with Gasteiger partial charge in [-0.15, -0.1) is 0 Å². The second-order valence-corrected chi connectivity index (χ2v) is 18.0. The van der Waals surface area contributed by atoms with Crippen molar-refractivity contribution < 1.29 is 48.6 Å². The lowest BCUT2D eigenvalue weighted by Crippen LogP contribution is -2.59. The zero-order chi connectivity index (χ0) is 61.3. The van der Waals surface area contributed by atoms with E-state index in [1.54, 1.807) is 0 Å². The molecule has 0 rings (SSSR count). The van der Waals surface area contributed by atoms with Crippen LogP contribution in [0.5, 0.6) is 0 Å². The van der Waals surface area contributed by atoms with Crippen LogP contribution in [0, 0.1) is 32.5 Å². The fraction of sp³-hybridized carbons (Fsp3) is 0.659. The summed E-state index contributed by atoms with van der Waals surface area (Å²) in [6, 6.07) is -9.05. The van der Waals surface area contributed by atoms with Gasteiger partial charge in [0.1, 0.15) is 42.0 Å². The Morgan fingerprint density at radius 1 is 0.407 bits per heavy atom. The molecule has 0 aromatic heterocycles. The Morgan fingerprint density at radius 3 is 1.09 bits per heavy atom. The molecule has 0 aromatic rings. The molecule has 0 spiro atoms. The number of hydrogen-bond acceptors (Lipinski definition) is 17. The van der Waals surface area contributed by atoms with Gasteiger partial charge in [0, 0.05) is 65.3 Å². The minimum atomic E-state index is -1.57. The zero-order valence-electron chi connectivity index (χ0n) is 45.4. The van der Waals surface area contributed by atoms with Gasteiger partial charge in [0.15, 0.2) is 35.8 Å².